The minimum atomic E-state index is -4.07. The lowest BCUT2D eigenvalue weighted by Gasteiger charge is -2.05. The molecule has 112 valence electrons. The van der Waals surface area contributed by atoms with E-state index >= 15 is 0 Å². The monoisotopic (exact) mass is 328 g/mol. The smallest absolute Gasteiger partial charge is 0.422 e. The number of rotatable bonds is 4. The van der Waals surface area contributed by atoms with Crippen LogP contribution in [0.3, 0.4) is 0 Å². The molecule has 0 unspecified atom stereocenters. The Morgan fingerprint density at radius 2 is 2.19 bits per heavy atom. The van der Waals surface area contributed by atoms with Gasteiger partial charge in [-0.1, -0.05) is 12.1 Å². The van der Waals surface area contributed by atoms with Crippen molar-refractivity contribution in [1.29, 1.82) is 0 Å². The highest BCUT2D eigenvalue weighted by molar-refractivity contribution is 7.91. The number of nitrogen functional groups attached to an aromatic ring is 1. The van der Waals surface area contributed by atoms with Gasteiger partial charge in [-0.3, -0.25) is 0 Å². The van der Waals surface area contributed by atoms with Crippen LogP contribution < -0.4 is 15.2 Å². The first-order valence-corrected chi connectivity index (χ1v) is 7.96. The molecule has 0 saturated heterocycles. The Hall–Kier alpha value is -2.33. The summed E-state index contributed by atoms with van der Waals surface area (Å²) in [5.74, 6) is 0. The number of ether oxygens (including phenoxy) is 1. The van der Waals surface area contributed by atoms with Crippen LogP contribution in [0.2, 0.25) is 0 Å². The topological polar surface area (TPSA) is 123 Å². The maximum absolute atomic E-state index is 11.6. The van der Waals surface area contributed by atoms with Crippen molar-refractivity contribution in [2.24, 2.45) is 0 Å². The number of carbonyl (C=O) groups excluding carboxylic acids is 1. The molecule has 0 aliphatic rings. The van der Waals surface area contributed by atoms with Gasteiger partial charge < -0.3 is 10.5 Å². The van der Waals surface area contributed by atoms with Gasteiger partial charge >= 0.3 is 16.3 Å². The SMILES string of the molecule is COC(=O)NS(=O)(=O)Nc1nc(-c2cccc(N)c2)cs1. The van der Waals surface area contributed by atoms with Crippen molar-refractivity contribution in [3.63, 3.8) is 0 Å². The third-order valence-electron chi connectivity index (χ3n) is 2.31. The number of nitrogens with one attached hydrogen (secondary N) is 2. The highest BCUT2D eigenvalue weighted by atomic mass is 32.2. The maximum atomic E-state index is 11.6. The number of thiazole rings is 1. The van der Waals surface area contributed by atoms with Gasteiger partial charge in [-0.2, -0.15) is 8.42 Å². The summed E-state index contributed by atoms with van der Waals surface area (Å²) in [4.78, 5) is 15.0. The normalized spacial score (nSPS) is 10.9. The first kappa shape index (κ1) is 15.1. The first-order chi connectivity index (χ1) is 9.89. The van der Waals surface area contributed by atoms with Crippen molar-refractivity contribution in [3.8, 4) is 11.3 Å². The van der Waals surface area contributed by atoms with Crippen LogP contribution in [-0.4, -0.2) is 26.6 Å². The Morgan fingerprint density at radius 1 is 1.43 bits per heavy atom. The predicted molar refractivity (Wildman–Crippen MR) is 80.0 cm³/mol. The molecule has 0 atom stereocenters. The molecule has 1 amide bonds. The van der Waals surface area contributed by atoms with Crippen LogP contribution in [0.4, 0.5) is 15.6 Å². The minimum Gasteiger partial charge on any atom is -0.452 e. The summed E-state index contributed by atoms with van der Waals surface area (Å²) in [6.45, 7) is 0. The van der Waals surface area contributed by atoms with Gasteiger partial charge in [0.05, 0.1) is 12.8 Å². The second-order valence-electron chi connectivity index (χ2n) is 3.86. The maximum Gasteiger partial charge on any atom is 0.422 e. The van der Waals surface area contributed by atoms with Crippen LogP contribution in [0.25, 0.3) is 11.3 Å². The van der Waals surface area contributed by atoms with Crippen LogP contribution in [-0.2, 0) is 14.9 Å². The number of amides is 1. The molecule has 1 heterocycles. The summed E-state index contributed by atoms with van der Waals surface area (Å²) < 4.78 is 31.2. The summed E-state index contributed by atoms with van der Waals surface area (Å²) in [6.07, 6.45) is -1.09. The molecule has 0 radical (unpaired) electrons. The number of aromatic nitrogens is 1. The van der Waals surface area contributed by atoms with Gasteiger partial charge in [0.25, 0.3) is 0 Å². The number of nitrogens with zero attached hydrogens (tertiary/aromatic N) is 1. The molecule has 0 bridgehead atoms. The number of carbonyl (C=O) groups is 1. The van der Waals surface area contributed by atoms with Crippen LogP contribution in [0.1, 0.15) is 0 Å². The van der Waals surface area contributed by atoms with Gasteiger partial charge in [-0.25, -0.2) is 19.2 Å². The van der Waals surface area contributed by atoms with E-state index in [-0.39, 0.29) is 5.13 Å². The van der Waals surface area contributed by atoms with E-state index in [0.29, 0.717) is 11.4 Å². The van der Waals surface area contributed by atoms with Gasteiger partial charge in [-0.05, 0) is 12.1 Å². The summed E-state index contributed by atoms with van der Waals surface area (Å²) in [7, 11) is -3.01. The highest BCUT2D eigenvalue weighted by Crippen LogP contribution is 2.26. The molecule has 0 fully saturated rings. The largest absolute Gasteiger partial charge is 0.452 e. The quantitative estimate of drug-likeness (QED) is 0.729. The number of hydrogen-bond acceptors (Lipinski definition) is 7. The molecule has 1 aromatic heterocycles. The Kier molecular flexibility index (Phi) is 4.29. The Balaban J connectivity index is 2.15. The van der Waals surface area contributed by atoms with Crippen molar-refractivity contribution in [3.05, 3.63) is 29.6 Å². The molecule has 10 heteroatoms. The number of benzene rings is 1. The zero-order chi connectivity index (χ0) is 15.5. The van der Waals surface area contributed by atoms with Crippen molar-refractivity contribution in [2.45, 2.75) is 0 Å². The third kappa shape index (κ3) is 4.07. The average molecular weight is 328 g/mol. The van der Waals surface area contributed by atoms with E-state index in [1.165, 1.54) is 0 Å². The lowest BCUT2D eigenvalue weighted by Crippen LogP contribution is -2.35. The van der Waals surface area contributed by atoms with Crippen molar-refractivity contribution in [1.82, 2.24) is 9.71 Å². The molecular formula is C11H12N4O4S2. The van der Waals surface area contributed by atoms with Crippen LogP contribution >= 0.6 is 11.3 Å². The molecule has 0 aliphatic heterocycles. The zero-order valence-electron chi connectivity index (χ0n) is 10.9. The van der Waals surface area contributed by atoms with Crippen LogP contribution in [0.5, 0.6) is 0 Å². The summed E-state index contributed by atoms with van der Waals surface area (Å²) in [5, 5.41) is 1.79. The predicted octanol–water partition coefficient (Wildman–Crippen LogP) is 1.40. The summed E-state index contributed by atoms with van der Waals surface area (Å²) >= 11 is 1.08. The van der Waals surface area contributed by atoms with Gasteiger partial charge in [0.15, 0.2) is 5.13 Å². The standard InChI is InChI=1S/C11H12N4O4S2/c1-19-11(16)15-21(17,18)14-10-13-9(6-20-10)7-3-2-4-8(12)5-7/h2-6H,12H2,1H3,(H,13,14)(H,15,16). The van der Waals surface area contributed by atoms with E-state index in [2.05, 4.69) is 14.4 Å². The molecule has 2 aromatic rings. The molecule has 1 aromatic carbocycles. The molecule has 0 aliphatic carbocycles. The second kappa shape index (κ2) is 5.97. The number of methoxy groups -OCH3 is 1. The minimum absolute atomic E-state index is 0.115. The number of anilines is 2. The molecule has 0 saturated carbocycles. The highest BCUT2D eigenvalue weighted by Gasteiger charge is 2.16. The van der Waals surface area contributed by atoms with Crippen LogP contribution in [0, 0.1) is 0 Å². The third-order valence-corrected chi connectivity index (χ3v) is 4.10. The molecular weight excluding hydrogens is 316 g/mol. The first-order valence-electron chi connectivity index (χ1n) is 5.59. The van der Waals surface area contributed by atoms with Crippen molar-refractivity contribution < 1.29 is 17.9 Å². The van der Waals surface area contributed by atoms with Crippen LogP contribution in [0.15, 0.2) is 29.6 Å². The Labute approximate surface area is 125 Å². The Morgan fingerprint density at radius 3 is 2.86 bits per heavy atom. The lowest BCUT2D eigenvalue weighted by molar-refractivity contribution is 0.177. The van der Waals surface area contributed by atoms with Gasteiger partial charge in [-0.15, -0.1) is 11.3 Å². The fraction of sp³-hybridized carbons (Fsp3) is 0.0909. The molecule has 0 spiro atoms. The molecule has 21 heavy (non-hydrogen) atoms. The van der Waals surface area contributed by atoms with E-state index < -0.39 is 16.3 Å². The zero-order valence-corrected chi connectivity index (χ0v) is 12.5. The Bertz CT molecular complexity index is 757. The number of hydrogen-bond donors (Lipinski definition) is 3. The summed E-state index contributed by atoms with van der Waals surface area (Å²) in [6, 6.07) is 7.03. The molecule has 2 rings (SSSR count). The lowest BCUT2D eigenvalue weighted by atomic mass is 10.1. The van der Waals surface area contributed by atoms with E-state index in [4.69, 9.17) is 5.73 Å². The van der Waals surface area contributed by atoms with E-state index in [1.54, 1.807) is 34.4 Å². The van der Waals surface area contributed by atoms with E-state index in [1.807, 2.05) is 0 Å². The fourth-order valence-corrected chi connectivity index (χ4v) is 3.16. The average Bonchev–Trinajstić information content (AvgIpc) is 2.85. The van der Waals surface area contributed by atoms with Crippen molar-refractivity contribution >= 4 is 38.5 Å². The van der Waals surface area contributed by atoms with E-state index in [0.717, 1.165) is 24.0 Å². The van der Waals surface area contributed by atoms with Crippen molar-refractivity contribution in [2.75, 3.05) is 17.6 Å². The molecule has 4 N–H and O–H groups in total. The van der Waals surface area contributed by atoms with Gasteiger partial charge in [0, 0.05) is 16.6 Å². The van der Waals surface area contributed by atoms with Gasteiger partial charge in [0.1, 0.15) is 0 Å². The van der Waals surface area contributed by atoms with E-state index in [9.17, 15) is 13.2 Å². The molecule has 8 nitrogen and oxygen atoms in total. The second-order valence-corrected chi connectivity index (χ2v) is 6.14. The number of nitrogens with two attached hydrogens (primary N) is 1. The van der Waals surface area contributed by atoms with Gasteiger partial charge in [0.2, 0.25) is 0 Å². The fourth-order valence-electron chi connectivity index (χ4n) is 1.44. The summed E-state index contributed by atoms with van der Waals surface area (Å²) in [5.41, 5.74) is 7.59.